The van der Waals surface area contributed by atoms with Crippen LogP contribution in [-0.4, -0.2) is 11.7 Å². The minimum absolute atomic E-state index is 0.339. The maximum Gasteiger partial charge on any atom is 0.117 e. The second-order valence-electron chi connectivity index (χ2n) is 4.40. The SMILES string of the molecule is Oc1ccc2c(c1)N(c1ccccc1)CCC2. The van der Waals surface area contributed by atoms with Gasteiger partial charge in [0.2, 0.25) is 0 Å². The summed E-state index contributed by atoms with van der Waals surface area (Å²) in [5.41, 5.74) is 3.65. The zero-order valence-electron chi connectivity index (χ0n) is 9.63. The lowest BCUT2D eigenvalue weighted by Gasteiger charge is -2.31. The van der Waals surface area contributed by atoms with Crippen molar-refractivity contribution in [2.75, 3.05) is 11.4 Å². The monoisotopic (exact) mass is 225 g/mol. The topological polar surface area (TPSA) is 23.5 Å². The third-order valence-corrected chi connectivity index (χ3v) is 3.26. The minimum atomic E-state index is 0.339. The molecule has 2 aromatic rings. The summed E-state index contributed by atoms with van der Waals surface area (Å²) in [7, 11) is 0. The number of benzene rings is 2. The third kappa shape index (κ3) is 1.86. The first kappa shape index (κ1) is 10.2. The molecule has 3 rings (SSSR count). The molecule has 1 aliphatic rings. The van der Waals surface area contributed by atoms with E-state index < -0.39 is 0 Å². The molecule has 0 radical (unpaired) electrons. The fraction of sp³-hybridized carbons (Fsp3) is 0.200. The van der Waals surface area contributed by atoms with Gasteiger partial charge in [-0.3, -0.25) is 0 Å². The molecule has 1 aliphatic heterocycles. The Morgan fingerprint density at radius 3 is 2.65 bits per heavy atom. The number of rotatable bonds is 1. The average Bonchev–Trinajstić information content (AvgIpc) is 2.39. The van der Waals surface area contributed by atoms with Crippen molar-refractivity contribution in [3.63, 3.8) is 0 Å². The lowest BCUT2D eigenvalue weighted by atomic mass is 10.0. The Hall–Kier alpha value is -1.96. The molecular formula is C15H15NO. The van der Waals surface area contributed by atoms with E-state index in [1.165, 1.54) is 11.3 Å². The van der Waals surface area contributed by atoms with Crippen molar-refractivity contribution >= 4 is 11.4 Å². The van der Waals surface area contributed by atoms with Crippen LogP contribution in [-0.2, 0) is 6.42 Å². The maximum atomic E-state index is 9.63. The molecule has 0 spiro atoms. The molecule has 2 heteroatoms. The quantitative estimate of drug-likeness (QED) is 0.803. The van der Waals surface area contributed by atoms with Gasteiger partial charge in [0.05, 0.1) is 0 Å². The molecule has 0 bridgehead atoms. The minimum Gasteiger partial charge on any atom is -0.508 e. The number of hydrogen-bond donors (Lipinski definition) is 1. The van der Waals surface area contributed by atoms with Crippen LogP contribution in [0.25, 0.3) is 0 Å². The molecule has 0 aliphatic carbocycles. The highest BCUT2D eigenvalue weighted by molar-refractivity contribution is 5.69. The normalized spacial score (nSPS) is 14.5. The molecule has 2 nitrogen and oxygen atoms in total. The van der Waals surface area contributed by atoms with E-state index >= 15 is 0 Å². The van der Waals surface area contributed by atoms with Gasteiger partial charge in [-0.1, -0.05) is 24.3 Å². The molecule has 1 N–H and O–H groups in total. The second-order valence-corrected chi connectivity index (χ2v) is 4.40. The van der Waals surface area contributed by atoms with E-state index in [2.05, 4.69) is 17.0 Å². The van der Waals surface area contributed by atoms with Crippen molar-refractivity contribution in [3.8, 4) is 5.75 Å². The highest BCUT2D eigenvalue weighted by Crippen LogP contribution is 2.35. The summed E-state index contributed by atoms with van der Waals surface area (Å²) in [5, 5.41) is 9.63. The summed E-state index contributed by atoms with van der Waals surface area (Å²) in [6, 6.07) is 16.0. The lowest BCUT2D eigenvalue weighted by Crippen LogP contribution is -2.24. The largest absolute Gasteiger partial charge is 0.508 e. The van der Waals surface area contributed by atoms with Crippen molar-refractivity contribution in [2.45, 2.75) is 12.8 Å². The first-order valence-corrected chi connectivity index (χ1v) is 5.99. The number of fused-ring (bicyclic) bond motifs is 1. The molecule has 1 heterocycles. The van der Waals surface area contributed by atoms with Crippen molar-refractivity contribution in [1.29, 1.82) is 0 Å². The molecule has 0 aromatic heterocycles. The van der Waals surface area contributed by atoms with E-state index in [0.29, 0.717) is 5.75 Å². The molecular weight excluding hydrogens is 210 g/mol. The average molecular weight is 225 g/mol. The van der Waals surface area contributed by atoms with Crippen LogP contribution >= 0.6 is 0 Å². The predicted molar refractivity (Wildman–Crippen MR) is 69.9 cm³/mol. The van der Waals surface area contributed by atoms with Crippen LogP contribution in [0.3, 0.4) is 0 Å². The number of aromatic hydroxyl groups is 1. The number of phenols is 1. The number of nitrogens with zero attached hydrogens (tertiary/aromatic N) is 1. The number of phenolic OH excluding ortho intramolecular Hbond substituents is 1. The van der Waals surface area contributed by atoms with Gasteiger partial charge >= 0.3 is 0 Å². The highest BCUT2D eigenvalue weighted by atomic mass is 16.3. The van der Waals surface area contributed by atoms with E-state index in [4.69, 9.17) is 0 Å². The molecule has 2 aromatic carbocycles. The van der Waals surface area contributed by atoms with E-state index in [1.807, 2.05) is 30.3 Å². The fourth-order valence-electron chi connectivity index (χ4n) is 2.44. The van der Waals surface area contributed by atoms with Crippen molar-refractivity contribution in [2.24, 2.45) is 0 Å². The molecule has 0 unspecified atom stereocenters. The summed E-state index contributed by atoms with van der Waals surface area (Å²) in [5.74, 6) is 0.339. The number of aryl methyl sites for hydroxylation is 1. The molecule has 17 heavy (non-hydrogen) atoms. The Kier molecular flexibility index (Phi) is 2.48. The van der Waals surface area contributed by atoms with E-state index in [-0.39, 0.29) is 0 Å². The Labute approximate surface area is 101 Å². The summed E-state index contributed by atoms with van der Waals surface area (Å²) in [4.78, 5) is 2.28. The van der Waals surface area contributed by atoms with E-state index in [9.17, 15) is 5.11 Å². The van der Waals surface area contributed by atoms with Crippen LogP contribution in [0.4, 0.5) is 11.4 Å². The van der Waals surface area contributed by atoms with Crippen LogP contribution in [0.5, 0.6) is 5.75 Å². The van der Waals surface area contributed by atoms with Crippen molar-refractivity contribution in [3.05, 3.63) is 54.1 Å². The van der Waals surface area contributed by atoms with Gasteiger partial charge < -0.3 is 10.0 Å². The van der Waals surface area contributed by atoms with Gasteiger partial charge in [-0.05, 0) is 36.6 Å². The van der Waals surface area contributed by atoms with Crippen LogP contribution < -0.4 is 4.90 Å². The Balaban J connectivity index is 2.08. The molecule has 0 atom stereocenters. The standard InChI is InChI=1S/C15H15NO/c17-14-9-8-12-5-4-10-16(15(12)11-14)13-6-2-1-3-7-13/h1-3,6-9,11,17H,4-5,10H2. The highest BCUT2D eigenvalue weighted by Gasteiger charge is 2.18. The molecule has 0 amide bonds. The second kappa shape index (κ2) is 4.13. The number of anilines is 2. The lowest BCUT2D eigenvalue weighted by molar-refractivity contribution is 0.475. The van der Waals surface area contributed by atoms with Gasteiger partial charge in [0.15, 0.2) is 0 Å². The number of hydrogen-bond acceptors (Lipinski definition) is 2. The zero-order valence-corrected chi connectivity index (χ0v) is 9.63. The number of para-hydroxylation sites is 1. The molecule has 0 fully saturated rings. The van der Waals surface area contributed by atoms with Gasteiger partial charge in [-0.15, -0.1) is 0 Å². The third-order valence-electron chi connectivity index (χ3n) is 3.26. The van der Waals surface area contributed by atoms with Crippen LogP contribution in [0.2, 0.25) is 0 Å². The first-order valence-electron chi connectivity index (χ1n) is 5.99. The van der Waals surface area contributed by atoms with Crippen molar-refractivity contribution < 1.29 is 5.11 Å². The Morgan fingerprint density at radius 1 is 1.00 bits per heavy atom. The van der Waals surface area contributed by atoms with Gasteiger partial charge in [0.1, 0.15) is 5.75 Å². The maximum absolute atomic E-state index is 9.63. The van der Waals surface area contributed by atoms with Gasteiger partial charge in [0, 0.05) is 24.0 Å². The van der Waals surface area contributed by atoms with E-state index in [1.54, 1.807) is 6.07 Å². The molecule has 0 saturated carbocycles. The van der Waals surface area contributed by atoms with E-state index in [0.717, 1.165) is 25.1 Å². The van der Waals surface area contributed by atoms with Crippen molar-refractivity contribution in [1.82, 2.24) is 0 Å². The van der Waals surface area contributed by atoms with Crippen LogP contribution in [0, 0.1) is 0 Å². The smallest absolute Gasteiger partial charge is 0.117 e. The van der Waals surface area contributed by atoms with Crippen LogP contribution in [0.15, 0.2) is 48.5 Å². The summed E-state index contributed by atoms with van der Waals surface area (Å²) < 4.78 is 0. The summed E-state index contributed by atoms with van der Waals surface area (Å²) in [6.45, 7) is 1.01. The fourth-order valence-corrected chi connectivity index (χ4v) is 2.44. The predicted octanol–water partition coefficient (Wildman–Crippen LogP) is 3.48. The summed E-state index contributed by atoms with van der Waals surface area (Å²) >= 11 is 0. The van der Waals surface area contributed by atoms with Crippen LogP contribution in [0.1, 0.15) is 12.0 Å². The van der Waals surface area contributed by atoms with Gasteiger partial charge in [-0.2, -0.15) is 0 Å². The Bertz CT molecular complexity index is 522. The molecule has 0 saturated heterocycles. The molecule has 86 valence electrons. The zero-order chi connectivity index (χ0) is 11.7. The summed E-state index contributed by atoms with van der Waals surface area (Å²) in [6.07, 6.45) is 2.26. The van der Waals surface area contributed by atoms with Gasteiger partial charge in [-0.25, -0.2) is 0 Å². The Morgan fingerprint density at radius 2 is 1.82 bits per heavy atom. The first-order chi connectivity index (χ1) is 8.34. The van der Waals surface area contributed by atoms with Gasteiger partial charge in [0.25, 0.3) is 0 Å².